The van der Waals surface area contributed by atoms with Gasteiger partial charge in [0.05, 0.1) is 12.3 Å². The van der Waals surface area contributed by atoms with E-state index in [1.807, 2.05) is 59.8 Å². The number of imidazole rings is 1. The third-order valence-electron chi connectivity index (χ3n) is 5.43. The lowest BCUT2D eigenvalue weighted by molar-refractivity contribution is -0.119. The van der Waals surface area contributed by atoms with E-state index in [1.54, 1.807) is 30.3 Å². The van der Waals surface area contributed by atoms with E-state index in [1.165, 1.54) is 12.1 Å². The number of carbonyl (C=O) groups excluding carboxylic acids is 1. The lowest BCUT2D eigenvalue weighted by atomic mass is 10.0. The normalized spacial score (nSPS) is 11.7. The number of H-pyrrole nitrogens is 1. The van der Waals surface area contributed by atoms with Crippen LogP contribution < -0.4 is 15.7 Å². The molecule has 0 aliphatic rings. The maximum Gasteiger partial charge on any atom is 0.329 e. The fourth-order valence-corrected chi connectivity index (χ4v) is 4.21. The minimum Gasteiger partial charge on any atom is -0.494 e. The topological polar surface area (TPSA) is 96.4 Å². The number of halogens is 2. The van der Waals surface area contributed by atoms with Crippen molar-refractivity contribution in [2.24, 2.45) is 0 Å². The quantitative estimate of drug-likeness (QED) is 0.250. The van der Waals surface area contributed by atoms with Crippen molar-refractivity contribution in [3.05, 3.63) is 98.2 Å². The molecule has 0 spiro atoms. The smallest absolute Gasteiger partial charge is 0.329 e. The van der Waals surface area contributed by atoms with Crippen LogP contribution in [0.15, 0.2) is 77.6 Å². The van der Waals surface area contributed by atoms with Crippen LogP contribution >= 0.6 is 22.6 Å². The van der Waals surface area contributed by atoms with Crippen LogP contribution in [0, 0.1) is 9.39 Å². The summed E-state index contributed by atoms with van der Waals surface area (Å²) in [6.45, 7) is 2.38. The summed E-state index contributed by atoms with van der Waals surface area (Å²) < 4.78 is 21.5. The molecule has 7 nitrogen and oxygen atoms in total. The van der Waals surface area contributed by atoms with Crippen LogP contribution in [-0.4, -0.2) is 27.2 Å². The zero-order valence-corrected chi connectivity index (χ0v) is 21.0. The molecular weight excluding hydrogens is 564 g/mol. The number of rotatable bonds is 8. The number of hydrogen-bond donors (Lipinski definition) is 3. The van der Waals surface area contributed by atoms with Crippen molar-refractivity contribution in [3.8, 4) is 22.9 Å². The Hall–Kier alpha value is -3.60. The highest BCUT2D eigenvalue weighted by molar-refractivity contribution is 14.1. The number of amides is 1. The molecule has 0 aliphatic heterocycles. The van der Waals surface area contributed by atoms with E-state index in [9.17, 15) is 19.1 Å². The van der Waals surface area contributed by atoms with Crippen LogP contribution in [0.4, 0.5) is 10.1 Å². The van der Waals surface area contributed by atoms with Gasteiger partial charge in [-0.1, -0.05) is 30.3 Å². The van der Waals surface area contributed by atoms with Gasteiger partial charge in [-0.3, -0.25) is 4.79 Å². The van der Waals surface area contributed by atoms with E-state index in [0.717, 1.165) is 10.1 Å². The van der Waals surface area contributed by atoms with Crippen LogP contribution in [0.3, 0.4) is 0 Å². The van der Waals surface area contributed by atoms with Crippen LogP contribution in [-0.2, 0) is 11.2 Å². The van der Waals surface area contributed by atoms with E-state index in [4.69, 9.17) is 4.74 Å². The Morgan fingerprint density at radius 3 is 2.51 bits per heavy atom. The molecule has 3 N–H and O–H groups in total. The van der Waals surface area contributed by atoms with Crippen molar-refractivity contribution in [1.29, 1.82) is 0 Å². The van der Waals surface area contributed by atoms with E-state index in [-0.39, 0.29) is 17.8 Å². The average molecular weight is 587 g/mol. The summed E-state index contributed by atoms with van der Waals surface area (Å²) in [5, 5.41) is 13.6. The molecular formula is C26H23FIN3O4. The predicted octanol–water partition coefficient (Wildman–Crippen LogP) is 5.11. The molecule has 4 aromatic rings. The van der Waals surface area contributed by atoms with E-state index < -0.39 is 29.3 Å². The molecule has 0 aliphatic carbocycles. The van der Waals surface area contributed by atoms with Crippen molar-refractivity contribution in [2.45, 2.75) is 19.4 Å². The standard InChI is InChI=1S/C26H23FIN3O4/c1-2-35-19-11-8-17(9-12-19)23-25(33)31(26(34)30-23)22(14-16-6-4-3-5-7-16)24(32)29-21-13-10-18(28)15-20(21)27/h3-13,15,22,33H,2,14H2,1H3,(H,29,32)(H,30,34)/t22-/m0/s1. The molecule has 1 heterocycles. The number of ether oxygens (including phenoxy) is 1. The second kappa shape index (κ2) is 10.8. The van der Waals surface area contributed by atoms with Crippen molar-refractivity contribution >= 4 is 34.2 Å². The van der Waals surface area contributed by atoms with Crippen molar-refractivity contribution in [1.82, 2.24) is 9.55 Å². The van der Waals surface area contributed by atoms with Gasteiger partial charge in [0.15, 0.2) is 0 Å². The predicted molar refractivity (Wildman–Crippen MR) is 140 cm³/mol. The molecule has 1 amide bonds. The Morgan fingerprint density at radius 2 is 1.86 bits per heavy atom. The summed E-state index contributed by atoms with van der Waals surface area (Å²) in [4.78, 5) is 29.0. The first-order chi connectivity index (χ1) is 16.9. The molecule has 0 saturated carbocycles. The molecule has 4 rings (SSSR count). The minimum atomic E-state index is -1.14. The lowest BCUT2D eigenvalue weighted by Gasteiger charge is -2.19. The summed E-state index contributed by atoms with van der Waals surface area (Å²) in [7, 11) is 0. The number of aromatic hydroxyl groups is 1. The Labute approximate surface area is 214 Å². The van der Waals surface area contributed by atoms with Gasteiger partial charge in [-0.15, -0.1) is 0 Å². The second-order valence-electron chi connectivity index (χ2n) is 7.78. The SMILES string of the molecule is CCOc1ccc(-c2[nH]c(=O)n([C@@H](Cc3ccccc3)C(=O)Nc3ccc(I)cc3F)c2O)cc1. The molecule has 0 saturated heterocycles. The molecule has 0 bridgehead atoms. The number of aromatic amines is 1. The molecule has 35 heavy (non-hydrogen) atoms. The van der Waals surface area contributed by atoms with Gasteiger partial charge in [0.2, 0.25) is 11.8 Å². The maximum atomic E-state index is 14.4. The van der Waals surface area contributed by atoms with Gasteiger partial charge in [-0.25, -0.2) is 13.8 Å². The van der Waals surface area contributed by atoms with Crippen LogP contribution in [0.25, 0.3) is 11.3 Å². The van der Waals surface area contributed by atoms with Crippen LogP contribution in [0.5, 0.6) is 11.6 Å². The zero-order chi connectivity index (χ0) is 24.9. The molecule has 0 radical (unpaired) electrons. The lowest BCUT2D eigenvalue weighted by Crippen LogP contribution is -2.33. The van der Waals surface area contributed by atoms with E-state index in [2.05, 4.69) is 10.3 Å². The van der Waals surface area contributed by atoms with E-state index in [0.29, 0.717) is 21.5 Å². The number of hydrogen-bond acceptors (Lipinski definition) is 4. The Bertz CT molecular complexity index is 1380. The highest BCUT2D eigenvalue weighted by atomic mass is 127. The summed E-state index contributed by atoms with van der Waals surface area (Å²) >= 11 is 1.97. The minimum absolute atomic E-state index is 0.0108. The van der Waals surface area contributed by atoms with Crippen LogP contribution in [0.1, 0.15) is 18.5 Å². The first-order valence-corrected chi connectivity index (χ1v) is 12.0. The maximum absolute atomic E-state index is 14.4. The van der Waals surface area contributed by atoms with Gasteiger partial charge in [0, 0.05) is 15.6 Å². The van der Waals surface area contributed by atoms with E-state index >= 15 is 0 Å². The number of anilines is 1. The molecule has 0 unspecified atom stereocenters. The molecule has 180 valence electrons. The first kappa shape index (κ1) is 24.5. The Kier molecular flexibility index (Phi) is 7.54. The van der Waals surface area contributed by atoms with Crippen LogP contribution in [0.2, 0.25) is 0 Å². The molecule has 0 fully saturated rings. The van der Waals surface area contributed by atoms with Gasteiger partial charge in [-0.05, 0) is 77.5 Å². The number of nitrogens with zero attached hydrogens (tertiary/aromatic N) is 1. The number of aromatic nitrogens is 2. The van der Waals surface area contributed by atoms with Crippen molar-refractivity contribution in [3.63, 3.8) is 0 Å². The van der Waals surface area contributed by atoms with Gasteiger partial charge in [-0.2, -0.15) is 0 Å². The zero-order valence-electron chi connectivity index (χ0n) is 18.8. The highest BCUT2D eigenvalue weighted by Crippen LogP contribution is 2.31. The second-order valence-corrected chi connectivity index (χ2v) is 9.02. The van der Waals surface area contributed by atoms with Gasteiger partial charge in [0.1, 0.15) is 23.3 Å². The number of carbonyl (C=O) groups is 1. The highest BCUT2D eigenvalue weighted by Gasteiger charge is 2.28. The summed E-state index contributed by atoms with van der Waals surface area (Å²) in [6, 6.07) is 19.2. The fourth-order valence-electron chi connectivity index (χ4n) is 3.76. The molecule has 1 atom stereocenters. The summed E-state index contributed by atoms with van der Waals surface area (Å²) in [5.41, 5.74) is 0.813. The fraction of sp³-hybridized carbons (Fsp3) is 0.154. The van der Waals surface area contributed by atoms with Crippen molar-refractivity contribution in [2.75, 3.05) is 11.9 Å². The summed E-state index contributed by atoms with van der Waals surface area (Å²) in [5.74, 6) is -0.968. The molecule has 1 aromatic heterocycles. The first-order valence-electron chi connectivity index (χ1n) is 10.9. The third kappa shape index (κ3) is 5.56. The Balaban J connectivity index is 1.73. The Morgan fingerprint density at radius 1 is 1.14 bits per heavy atom. The number of nitrogens with one attached hydrogen (secondary N) is 2. The average Bonchev–Trinajstić information content (AvgIpc) is 3.14. The van der Waals surface area contributed by atoms with Gasteiger partial charge in [0.25, 0.3) is 0 Å². The largest absolute Gasteiger partial charge is 0.494 e. The van der Waals surface area contributed by atoms with Gasteiger partial charge < -0.3 is 20.1 Å². The monoisotopic (exact) mass is 587 g/mol. The summed E-state index contributed by atoms with van der Waals surface area (Å²) in [6.07, 6.45) is 0.104. The molecule has 3 aromatic carbocycles. The third-order valence-corrected chi connectivity index (χ3v) is 6.10. The number of benzene rings is 3. The molecule has 9 heteroatoms. The van der Waals surface area contributed by atoms with Gasteiger partial charge >= 0.3 is 5.69 Å². The van der Waals surface area contributed by atoms with Crippen molar-refractivity contribution < 1.29 is 19.0 Å².